The highest BCUT2D eigenvalue weighted by atomic mass is 14.9. The lowest BCUT2D eigenvalue weighted by Gasteiger charge is -2.22. The van der Waals surface area contributed by atoms with E-state index in [9.17, 15) is 0 Å². The average molecular weight is 602 g/mol. The summed E-state index contributed by atoms with van der Waals surface area (Å²) in [4.78, 5) is 14.8. The molecule has 0 fully saturated rings. The predicted octanol–water partition coefficient (Wildman–Crippen LogP) is 11.2. The van der Waals surface area contributed by atoms with Crippen LogP contribution in [-0.4, -0.2) is 15.0 Å². The van der Waals surface area contributed by atoms with Gasteiger partial charge in [0.1, 0.15) is 0 Å². The second-order valence-corrected chi connectivity index (χ2v) is 12.9. The molecule has 8 aromatic rings. The Hall–Kier alpha value is -5.93. The van der Waals surface area contributed by atoms with Crippen LogP contribution in [0.25, 0.3) is 77.8 Å². The van der Waals surface area contributed by atoms with Gasteiger partial charge in [0.2, 0.25) is 0 Å². The summed E-state index contributed by atoms with van der Waals surface area (Å²) in [6, 6.07) is 51.7. The van der Waals surface area contributed by atoms with E-state index in [-0.39, 0.29) is 5.41 Å². The van der Waals surface area contributed by atoms with Gasteiger partial charge in [-0.2, -0.15) is 0 Å². The Kier molecular flexibility index (Phi) is 6.16. The zero-order valence-electron chi connectivity index (χ0n) is 26.3. The summed E-state index contributed by atoms with van der Waals surface area (Å²) < 4.78 is 0. The Morgan fingerprint density at radius 2 is 1.13 bits per heavy atom. The van der Waals surface area contributed by atoms with Gasteiger partial charge in [-0.05, 0) is 86.3 Å². The van der Waals surface area contributed by atoms with Gasteiger partial charge in [-0.25, -0.2) is 9.97 Å². The Balaban J connectivity index is 1.19. The molecule has 0 spiro atoms. The van der Waals surface area contributed by atoms with Crippen LogP contribution in [0.15, 0.2) is 152 Å². The van der Waals surface area contributed by atoms with Crippen LogP contribution in [0.3, 0.4) is 0 Å². The number of nitrogens with zero attached hydrogens (tertiary/aromatic N) is 3. The molecular formula is C44H31N3. The van der Waals surface area contributed by atoms with Crippen molar-refractivity contribution in [3.8, 4) is 56.3 Å². The number of fused-ring (bicyclic) bond motifs is 6. The standard InChI is InChI=1S/C44H31N3/c1-44(2)38-16-7-6-15-35(38)37-25-30-19-18-29-23-32(20-21-34(29)36(30)26-39(37)44)42-27-41(28-11-4-3-5-12-28)46-43(47-42)33-14-10-13-31(24-33)40-17-8-9-22-45-40/h3-27H,1-2H3. The first-order valence-corrected chi connectivity index (χ1v) is 16.1. The smallest absolute Gasteiger partial charge is 0.160 e. The van der Waals surface area contributed by atoms with Crippen LogP contribution < -0.4 is 0 Å². The molecule has 6 aromatic carbocycles. The first-order chi connectivity index (χ1) is 23.0. The molecular weight excluding hydrogens is 571 g/mol. The Morgan fingerprint density at radius 1 is 0.426 bits per heavy atom. The van der Waals surface area contributed by atoms with Crippen molar-refractivity contribution >= 4 is 21.5 Å². The van der Waals surface area contributed by atoms with Crippen molar-refractivity contribution in [2.75, 3.05) is 0 Å². The van der Waals surface area contributed by atoms with Crippen LogP contribution in [0.5, 0.6) is 0 Å². The van der Waals surface area contributed by atoms with Gasteiger partial charge in [0.15, 0.2) is 5.82 Å². The lowest BCUT2D eigenvalue weighted by molar-refractivity contribution is 0.661. The van der Waals surface area contributed by atoms with Gasteiger partial charge in [0.25, 0.3) is 0 Å². The summed E-state index contributed by atoms with van der Waals surface area (Å²) >= 11 is 0. The van der Waals surface area contributed by atoms with Gasteiger partial charge >= 0.3 is 0 Å². The minimum atomic E-state index is -0.0404. The molecule has 0 atom stereocenters. The van der Waals surface area contributed by atoms with Gasteiger partial charge in [0.05, 0.1) is 17.1 Å². The molecule has 2 heterocycles. The molecule has 0 bridgehead atoms. The summed E-state index contributed by atoms with van der Waals surface area (Å²) in [7, 11) is 0. The summed E-state index contributed by atoms with van der Waals surface area (Å²) in [6.45, 7) is 4.69. The summed E-state index contributed by atoms with van der Waals surface area (Å²) in [5, 5.41) is 5.00. The normalized spacial score (nSPS) is 13.1. The summed E-state index contributed by atoms with van der Waals surface area (Å²) in [5.74, 6) is 0.690. The van der Waals surface area contributed by atoms with E-state index >= 15 is 0 Å². The third kappa shape index (κ3) is 4.54. The van der Waals surface area contributed by atoms with Crippen molar-refractivity contribution in [1.82, 2.24) is 15.0 Å². The first kappa shape index (κ1) is 27.4. The molecule has 222 valence electrons. The number of hydrogen-bond acceptors (Lipinski definition) is 3. The van der Waals surface area contributed by atoms with Gasteiger partial charge in [-0.3, -0.25) is 4.98 Å². The van der Waals surface area contributed by atoms with Crippen LogP contribution in [0.1, 0.15) is 25.0 Å². The SMILES string of the molecule is CC1(C)c2ccccc2-c2cc3ccc4cc(-c5cc(-c6ccccc6)nc(-c6cccc(-c7ccccn7)c6)n5)ccc4c3cc21. The third-order valence-electron chi connectivity index (χ3n) is 9.71. The lowest BCUT2D eigenvalue weighted by Crippen LogP contribution is -2.14. The van der Waals surface area contributed by atoms with Crippen molar-refractivity contribution in [3.63, 3.8) is 0 Å². The number of benzene rings is 6. The second kappa shape index (κ2) is 10.6. The first-order valence-electron chi connectivity index (χ1n) is 16.1. The average Bonchev–Trinajstić information content (AvgIpc) is 3.36. The highest BCUT2D eigenvalue weighted by Crippen LogP contribution is 2.50. The maximum atomic E-state index is 5.16. The minimum absolute atomic E-state index is 0.0404. The zero-order valence-corrected chi connectivity index (χ0v) is 26.3. The summed E-state index contributed by atoms with van der Waals surface area (Å²) in [5.41, 5.74) is 12.3. The van der Waals surface area contributed by atoms with Crippen molar-refractivity contribution in [2.45, 2.75) is 19.3 Å². The van der Waals surface area contributed by atoms with Crippen LogP contribution in [0.2, 0.25) is 0 Å². The van der Waals surface area contributed by atoms with Crippen LogP contribution in [0.4, 0.5) is 0 Å². The molecule has 9 rings (SSSR count). The molecule has 1 aliphatic rings. The highest BCUT2D eigenvalue weighted by molar-refractivity contribution is 6.10. The predicted molar refractivity (Wildman–Crippen MR) is 194 cm³/mol. The Morgan fingerprint density at radius 3 is 1.96 bits per heavy atom. The van der Waals surface area contributed by atoms with Crippen LogP contribution in [-0.2, 0) is 5.41 Å². The Labute approximate surface area is 274 Å². The van der Waals surface area contributed by atoms with Gasteiger partial charge < -0.3 is 0 Å². The lowest BCUT2D eigenvalue weighted by atomic mass is 9.81. The number of hydrogen-bond donors (Lipinski definition) is 0. The van der Waals surface area contributed by atoms with Gasteiger partial charge in [0, 0.05) is 33.9 Å². The van der Waals surface area contributed by atoms with Gasteiger partial charge in [-0.15, -0.1) is 0 Å². The third-order valence-corrected chi connectivity index (χ3v) is 9.71. The largest absolute Gasteiger partial charge is 0.256 e. The van der Waals surface area contributed by atoms with E-state index in [1.54, 1.807) is 0 Å². The number of pyridine rings is 1. The molecule has 3 heteroatoms. The fourth-order valence-electron chi connectivity index (χ4n) is 7.25. The molecule has 0 radical (unpaired) electrons. The van der Waals surface area contributed by atoms with Crippen LogP contribution >= 0.6 is 0 Å². The second-order valence-electron chi connectivity index (χ2n) is 12.9. The molecule has 0 saturated heterocycles. The van der Waals surface area contributed by atoms with E-state index in [4.69, 9.17) is 9.97 Å². The van der Waals surface area contributed by atoms with Crippen molar-refractivity contribution in [2.24, 2.45) is 0 Å². The molecule has 0 aliphatic heterocycles. The van der Waals surface area contributed by atoms with E-state index < -0.39 is 0 Å². The van der Waals surface area contributed by atoms with Crippen molar-refractivity contribution in [1.29, 1.82) is 0 Å². The van der Waals surface area contributed by atoms with Crippen LogP contribution in [0, 0.1) is 0 Å². The number of aromatic nitrogens is 3. The quantitative estimate of drug-likeness (QED) is 0.188. The van der Waals surface area contributed by atoms with Crippen molar-refractivity contribution in [3.05, 3.63) is 163 Å². The Bertz CT molecular complexity index is 2480. The minimum Gasteiger partial charge on any atom is -0.256 e. The topological polar surface area (TPSA) is 38.7 Å². The maximum Gasteiger partial charge on any atom is 0.160 e. The fourth-order valence-corrected chi connectivity index (χ4v) is 7.25. The molecule has 47 heavy (non-hydrogen) atoms. The maximum absolute atomic E-state index is 5.16. The van der Waals surface area contributed by atoms with Crippen molar-refractivity contribution < 1.29 is 0 Å². The van der Waals surface area contributed by atoms with E-state index in [0.29, 0.717) is 5.82 Å². The molecule has 2 aromatic heterocycles. The molecule has 0 saturated carbocycles. The molecule has 3 nitrogen and oxygen atoms in total. The molecule has 0 amide bonds. The molecule has 0 unspecified atom stereocenters. The fraction of sp³-hybridized carbons (Fsp3) is 0.0682. The molecule has 1 aliphatic carbocycles. The highest BCUT2D eigenvalue weighted by Gasteiger charge is 2.35. The zero-order chi connectivity index (χ0) is 31.5. The van der Waals surface area contributed by atoms with E-state index in [1.807, 2.05) is 30.5 Å². The monoisotopic (exact) mass is 601 g/mol. The number of rotatable bonds is 4. The van der Waals surface area contributed by atoms with Gasteiger partial charge in [-0.1, -0.05) is 117 Å². The molecule has 0 N–H and O–H groups in total. The van der Waals surface area contributed by atoms with E-state index in [0.717, 1.165) is 39.3 Å². The van der Waals surface area contributed by atoms with E-state index in [1.165, 1.54) is 43.8 Å². The van der Waals surface area contributed by atoms with E-state index in [2.05, 4.69) is 140 Å². The summed E-state index contributed by atoms with van der Waals surface area (Å²) in [6.07, 6.45) is 1.82.